The molecule has 1 saturated carbocycles. The molecule has 1 aromatic carbocycles. The zero-order chi connectivity index (χ0) is 20.3. The van der Waals surface area contributed by atoms with Crippen molar-refractivity contribution in [2.75, 3.05) is 20.7 Å². The lowest BCUT2D eigenvalue weighted by molar-refractivity contribution is -0.143. The molecule has 1 saturated heterocycles. The quantitative estimate of drug-likeness (QED) is 0.821. The van der Waals surface area contributed by atoms with Gasteiger partial charge in [0, 0.05) is 11.5 Å². The molecule has 0 amide bonds. The Balaban J connectivity index is 0.000000242. The van der Waals surface area contributed by atoms with Crippen LogP contribution in [0.15, 0.2) is 18.2 Å². The molecule has 6 nitrogen and oxygen atoms in total. The first-order chi connectivity index (χ1) is 13.4. The molecule has 1 heterocycles. The highest BCUT2D eigenvalue weighted by atomic mass is 16.5. The summed E-state index contributed by atoms with van der Waals surface area (Å²) in [5.41, 5.74) is 3.67. The fraction of sp³-hybridized carbons (Fsp3) is 0.636. The molecule has 2 bridgehead atoms. The second-order valence-electron chi connectivity index (χ2n) is 8.32. The number of piperidine rings is 1. The first-order valence-electron chi connectivity index (χ1n) is 10.2. The predicted octanol–water partition coefficient (Wildman–Crippen LogP) is 3.32. The first kappa shape index (κ1) is 20.6. The third-order valence-electron chi connectivity index (χ3n) is 6.87. The Bertz CT molecular complexity index is 720. The van der Waals surface area contributed by atoms with Crippen LogP contribution in [0.2, 0.25) is 0 Å². The van der Waals surface area contributed by atoms with E-state index in [-0.39, 0.29) is 12.8 Å². The number of nitrogens with zero attached hydrogens (tertiary/aromatic N) is 1. The molecule has 0 aromatic heterocycles. The van der Waals surface area contributed by atoms with Gasteiger partial charge in [-0.3, -0.25) is 9.59 Å². The summed E-state index contributed by atoms with van der Waals surface area (Å²) in [7, 11) is 4.12. The van der Waals surface area contributed by atoms with Gasteiger partial charge in [-0.2, -0.15) is 0 Å². The fourth-order valence-corrected chi connectivity index (χ4v) is 5.52. The van der Waals surface area contributed by atoms with Crippen molar-refractivity contribution >= 4 is 11.9 Å². The summed E-state index contributed by atoms with van der Waals surface area (Å²) in [6.45, 7) is 1.26. The number of benzene rings is 1. The smallest absolute Gasteiger partial charge is 0.303 e. The van der Waals surface area contributed by atoms with Gasteiger partial charge >= 0.3 is 11.9 Å². The minimum atomic E-state index is -1.08. The molecule has 28 heavy (non-hydrogen) atoms. The number of carboxylic acids is 2. The van der Waals surface area contributed by atoms with Crippen molar-refractivity contribution < 1.29 is 24.5 Å². The van der Waals surface area contributed by atoms with Crippen LogP contribution >= 0.6 is 0 Å². The van der Waals surface area contributed by atoms with Crippen molar-refractivity contribution in [1.29, 1.82) is 0 Å². The Morgan fingerprint density at radius 2 is 1.89 bits per heavy atom. The highest BCUT2D eigenvalue weighted by Gasteiger charge is 2.53. The predicted molar refractivity (Wildman–Crippen MR) is 106 cm³/mol. The van der Waals surface area contributed by atoms with Crippen LogP contribution in [0.1, 0.15) is 56.1 Å². The molecule has 154 valence electrons. The van der Waals surface area contributed by atoms with Crippen LogP contribution in [0.3, 0.4) is 0 Å². The Labute approximate surface area is 166 Å². The maximum absolute atomic E-state index is 9.64. The summed E-state index contributed by atoms with van der Waals surface area (Å²) >= 11 is 0. The van der Waals surface area contributed by atoms with Gasteiger partial charge in [-0.05, 0) is 68.5 Å². The number of ether oxygens (including phenoxy) is 1. The van der Waals surface area contributed by atoms with Gasteiger partial charge in [0.05, 0.1) is 20.0 Å². The van der Waals surface area contributed by atoms with Gasteiger partial charge in [0.2, 0.25) is 0 Å². The molecule has 3 atom stereocenters. The van der Waals surface area contributed by atoms with E-state index in [1.54, 1.807) is 18.2 Å². The Morgan fingerprint density at radius 3 is 2.54 bits per heavy atom. The van der Waals surface area contributed by atoms with Gasteiger partial charge in [0.1, 0.15) is 5.75 Å². The van der Waals surface area contributed by atoms with Crippen LogP contribution in [0, 0.1) is 5.92 Å². The van der Waals surface area contributed by atoms with Crippen LogP contribution in [0.25, 0.3) is 0 Å². The summed E-state index contributed by atoms with van der Waals surface area (Å²) in [6.07, 6.45) is 7.63. The number of likely N-dealkylation sites (N-methyl/N-ethyl adjacent to an activating group) is 1. The van der Waals surface area contributed by atoms with Gasteiger partial charge < -0.3 is 19.8 Å². The second kappa shape index (κ2) is 8.52. The summed E-state index contributed by atoms with van der Waals surface area (Å²) in [5, 5.41) is 15.8. The molecule has 0 spiro atoms. The van der Waals surface area contributed by atoms with Gasteiger partial charge in [-0.15, -0.1) is 0 Å². The Morgan fingerprint density at radius 1 is 1.18 bits per heavy atom. The SMILES string of the molecule is COc1ccc2c(c1)[C@]13CCCC[C@@H]1[C@H](C2)N(C)CC3.O=C(O)CCC(=O)O. The maximum Gasteiger partial charge on any atom is 0.303 e. The molecule has 6 heteroatoms. The molecule has 2 N–H and O–H groups in total. The highest BCUT2D eigenvalue weighted by Crippen LogP contribution is 2.55. The number of likely N-dealkylation sites (tertiary alicyclic amines) is 1. The number of carboxylic acid groups (broad SMARTS) is 2. The van der Waals surface area contributed by atoms with E-state index in [0.717, 1.165) is 17.7 Å². The number of fused-ring (bicyclic) bond motifs is 1. The molecule has 3 aliphatic rings. The van der Waals surface area contributed by atoms with E-state index >= 15 is 0 Å². The number of hydrogen-bond acceptors (Lipinski definition) is 4. The number of carbonyl (C=O) groups is 2. The number of rotatable bonds is 4. The van der Waals surface area contributed by atoms with E-state index in [4.69, 9.17) is 14.9 Å². The largest absolute Gasteiger partial charge is 0.497 e. The second-order valence-corrected chi connectivity index (χ2v) is 8.32. The summed E-state index contributed by atoms with van der Waals surface area (Å²) in [5.74, 6) is -0.241. The van der Waals surface area contributed by atoms with Crippen LogP contribution < -0.4 is 4.74 Å². The summed E-state index contributed by atoms with van der Waals surface area (Å²) < 4.78 is 5.51. The zero-order valence-electron chi connectivity index (χ0n) is 16.8. The van der Waals surface area contributed by atoms with E-state index < -0.39 is 11.9 Å². The number of methoxy groups -OCH3 is 1. The van der Waals surface area contributed by atoms with Crippen LogP contribution in [-0.2, 0) is 21.4 Å². The van der Waals surface area contributed by atoms with Crippen molar-refractivity contribution in [1.82, 2.24) is 4.90 Å². The molecule has 1 aliphatic heterocycles. The lowest BCUT2D eigenvalue weighted by Crippen LogP contribution is -2.59. The standard InChI is InChI=1S/C18H25NO.C4H6O4/c1-19-10-9-18-8-4-3-5-15(18)17(19)11-13-6-7-14(20-2)12-16(13)18;5-3(6)1-2-4(7)8/h6-7,12,15,17H,3-5,8-11H2,1-2H3;1-2H2,(H,5,6)(H,7,8)/t15-,17+,18+;/m1./s1. The van der Waals surface area contributed by atoms with Crippen molar-refractivity contribution in [3.63, 3.8) is 0 Å². The zero-order valence-corrected chi connectivity index (χ0v) is 16.8. The first-order valence-corrected chi connectivity index (χ1v) is 10.2. The lowest BCUT2D eigenvalue weighted by Gasteiger charge is -2.58. The summed E-state index contributed by atoms with van der Waals surface area (Å²) in [4.78, 5) is 21.9. The van der Waals surface area contributed by atoms with E-state index in [1.807, 2.05) is 0 Å². The monoisotopic (exact) mass is 389 g/mol. The molecular weight excluding hydrogens is 358 g/mol. The third kappa shape index (κ3) is 4.02. The Hall–Kier alpha value is -2.08. The molecule has 2 fully saturated rings. The van der Waals surface area contributed by atoms with Crippen molar-refractivity contribution in [2.24, 2.45) is 5.92 Å². The van der Waals surface area contributed by atoms with E-state index in [2.05, 4.69) is 30.1 Å². The van der Waals surface area contributed by atoms with E-state index in [1.165, 1.54) is 45.1 Å². The van der Waals surface area contributed by atoms with Gasteiger partial charge in [0.15, 0.2) is 0 Å². The molecule has 0 radical (unpaired) electrons. The average Bonchev–Trinajstić information content (AvgIpc) is 2.69. The molecular formula is C22H31NO5. The van der Waals surface area contributed by atoms with Gasteiger partial charge in [0.25, 0.3) is 0 Å². The minimum Gasteiger partial charge on any atom is -0.497 e. The van der Waals surface area contributed by atoms with Gasteiger partial charge in [-0.25, -0.2) is 0 Å². The van der Waals surface area contributed by atoms with Crippen molar-refractivity contribution in [3.8, 4) is 5.75 Å². The van der Waals surface area contributed by atoms with E-state index in [0.29, 0.717) is 5.41 Å². The molecule has 1 aromatic rings. The topological polar surface area (TPSA) is 87.1 Å². The molecule has 2 aliphatic carbocycles. The average molecular weight is 389 g/mol. The molecule has 0 unspecified atom stereocenters. The van der Waals surface area contributed by atoms with Gasteiger partial charge in [-0.1, -0.05) is 18.9 Å². The van der Waals surface area contributed by atoms with E-state index in [9.17, 15) is 9.59 Å². The Kier molecular flexibility index (Phi) is 6.28. The molecule has 4 rings (SSSR count). The number of aliphatic carboxylic acids is 2. The summed E-state index contributed by atoms with van der Waals surface area (Å²) in [6, 6.07) is 7.60. The fourth-order valence-electron chi connectivity index (χ4n) is 5.52. The van der Waals surface area contributed by atoms with Crippen LogP contribution in [-0.4, -0.2) is 53.8 Å². The van der Waals surface area contributed by atoms with Crippen molar-refractivity contribution in [3.05, 3.63) is 29.3 Å². The van der Waals surface area contributed by atoms with Crippen molar-refractivity contribution in [2.45, 2.75) is 62.8 Å². The minimum absolute atomic E-state index is 0.296. The lowest BCUT2D eigenvalue weighted by atomic mass is 9.52. The number of hydrogen-bond donors (Lipinski definition) is 2. The third-order valence-corrected chi connectivity index (χ3v) is 6.87. The highest BCUT2D eigenvalue weighted by molar-refractivity contribution is 5.75. The van der Waals surface area contributed by atoms with Crippen LogP contribution in [0.4, 0.5) is 0 Å². The normalized spacial score (nSPS) is 28.2. The van der Waals surface area contributed by atoms with Crippen LogP contribution in [0.5, 0.6) is 5.75 Å². The maximum atomic E-state index is 9.64.